The van der Waals surface area contributed by atoms with E-state index in [0.29, 0.717) is 29.4 Å². The molecule has 3 nitrogen and oxygen atoms in total. The molecule has 1 atom stereocenters. The molecule has 0 bridgehead atoms. The SMILES string of the molecule is CN(Cc1ccc(-c2ccccc2C(F)(F)F)cc1)CC(O)COc1ccc(Cl)cc1. The Morgan fingerprint density at radius 3 is 2.26 bits per heavy atom. The molecule has 0 aliphatic rings. The summed E-state index contributed by atoms with van der Waals surface area (Å²) in [6.07, 6.45) is -5.10. The van der Waals surface area contributed by atoms with Crippen molar-refractivity contribution in [1.82, 2.24) is 4.90 Å². The topological polar surface area (TPSA) is 32.7 Å². The lowest BCUT2D eigenvalue weighted by Crippen LogP contribution is -2.32. The molecule has 0 radical (unpaired) electrons. The first-order chi connectivity index (χ1) is 14.7. The van der Waals surface area contributed by atoms with Gasteiger partial charge < -0.3 is 9.84 Å². The molecule has 0 fully saturated rings. The van der Waals surface area contributed by atoms with Crippen LogP contribution in [0.15, 0.2) is 72.8 Å². The van der Waals surface area contributed by atoms with Crippen molar-refractivity contribution < 1.29 is 23.0 Å². The standard InChI is InChI=1S/C24H23ClF3NO2/c1-29(15-20(30)16-31-21-12-10-19(25)11-13-21)14-17-6-8-18(9-7-17)22-4-2-3-5-23(22)24(26,27)28/h2-13,20,30H,14-16H2,1H3. The number of ether oxygens (including phenoxy) is 1. The highest BCUT2D eigenvalue weighted by atomic mass is 35.5. The summed E-state index contributed by atoms with van der Waals surface area (Å²) in [6.45, 7) is 1.06. The van der Waals surface area contributed by atoms with Crippen LogP contribution in [-0.2, 0) is 12.7 Å². The Bertz CT molecular complexity index is 975. The van der Waals surface area contributed by atoms with Gasteiger partial charge in [0.15, 0.2) is 0 Å². The highest BCUT2D eigenvalue weighted by Gasteiger charge is 2.33. The van der Waals surface area contributed by atoms with Crippen molar-refractivity contribution in [3.63, 3.8) is 0 Å². The average Bonchev–Trinajstić information content (AvgIpc) is 2.73. The molecule has 0 aliphatic heterocycles. The first-order valence-electron chi connectivity index (χ1n) is 9.73. The van der Waals surface area contributed by atoms with E-state index in [2.05, 4.69) is 0 Å². The highest BCUT2D eigenvalue weighted by Crippen LogP contribution is 2.36. The van der Waals surface area contributed by atoms with Crippen LogP contribution >= 0.6 is 11.6 Å². The quantitative estimate of drug-likeness (QED) is 0.465. The number of hydrogen-bond acceptors (Lipinski definition) is 3. The molecular weight excluding hydrogens is 427 g/mol. The van der Waals surface area contributed by atoms with Gasteiger partial charge >= 0.3 is 6.18 Å². The van der Waals surface area contributed by atoms with Crippen LogP contribution in [0.1, 0.15) is 11.1 Å². The van der Waals surface area contributed by atoms with Crippen molar-refractivity contribution in [3.8, 4) is 16.9 Å². The van der Waals surface area contributed by atoms with Gasteiger partial charge in [-0.25, -0.2) is 0 Å². The molecule has 3 aromatic rings. The maximum atomic E-state index is 13.2. The summed E-state index contributed by atoms with van der Waals surface area (Å²) in [4.78, 5) is 1.93. The van der Waals surface area contributed by atoms with Crippen molar-refractivity contribution in [2.45, 2.75) is 18.8 Å². The van der Waals surface area contributed by atoms with Gasteiger partial charge in [0, 0.05) is 18.1 Å². The Balaban J connectivity index is 1.55. The monoisotopic (exact) mass is 449 g/mol. The third-order valence-electron chi connectivity index (χ3n) is 4.73. The van der Waals surface area contributed by atoms with E-state index in [9.17, 15) is 18.3 Å². The number of rotatable bonds is 8. The Labute approximate surface area is 184 Å². The Morgan fingerprint density at radius 2 is 1.61 bits per heavy atom. The summed E-state index contributed by atoms with van der Waals surface area (Å²) < 4.78 is 45.3. The molecule has 3 aromatic carbocycles. The second-order valence-electron chi connectivity index (χ2n) is 7.36. The van der Waals surface area contributed by atoms with Crippen LogP contribution in [0.2, 0.25) is 5.02 Å². The minimum atomic E-state index is -4.40. The van der Waals surface area contributed by atoms with Gasteiger partial charge in [-0.2, -0.15) is 13.2 Å². The summed E-state index contributed by atoms with van der Waals surface area (Å²) in [5, 5.41) is 10.8. The second-order valence-corrected chi connectivity index (χ2v) is 7.79. The van der Waals surface area contributed by atoms with Gasteiger partial charge in [0.2, 0.25) is 0 Å². The predicted molar refractivity (Wildman–Crippen MR) is 116 cm³/mol. The zero-order valence-corrected chi connectivity index (χ0v) is 17.7. The average molecular weight is 450 g/mol. The number of nitrogens with zero attached hydrogens (tertiary/aromatic N) is 1. The molecule has 0 heterocycles. The minimum absolute atomic E-state index is 0.138. The summed E-state index contributed by atoms with van der Waals surface area (Å²) in [6, 6.07) is 19.4. The Hall–Kier alpha value is -2.54. The van der Waals surface area contributed by atoms with E-state index in [1.54, 1.807) is 54.6 Å². The molecule has 3 rings (SSSR count). The van der Waals surface area contributed by atoms with E-state index >= 15 is 0 Å². The maximum absolute atomic E-state index is 13.2. The largest absolute Gasteiger partial charge is 0.491 e. The van der Waals surface area contributed by atoms with Crippen LogP contribution in [0.5, 0.6) is 5.75 Å². The lowest BCUT2D eigenvalue weighted by Gasteiger charge is -2.21. The van der Waals surface area contributed by atoms with E-state index in [0.717, 1.165) is 11.6 Å². The molecule has 1 N–H and O–H groups in total. The fourth-order valence-corrected chi connectivity index (χ4v) is 3.41. The molecule has 0 aliphatic carbocycles. The van der Waals surface area contributed by atoms with Crippen molar-refractivity contribution in [2.75, 3.05) is 20.2 Å². The maximum Gasteiger partial charge on any atom is 0.417 e. The molecule has 31 heavy (non-hydrogen) atoms. The van der Waals surface area contributed by atoms with Crippen LogP contribution in [0.3, 0.4) is 0 Å². The van der Waals surface area contributed by atoms with Gasteiger partial charge in [-0.05, 0) is 54.1 Å². The number of aliphatic hydroxyl groups is 1. The summed E-state index contributed by atoms with van der Waals surface area (Å²) in [5.74, 6) is 0.626. The number of halogens is 4. The minimum Gasteiger partial charge on any atom is -0.491 e. The normalized spacial score (nSPS) is 12.7. The van der Waals surface area contributed by atoms with E-state index in [-0.39, 0.29) is 12.2 Å². The van der Waals surface area contributed by atoms with Crippen LogP contribution in [0.25, 0.3) is 11.1 Å². The molecule has 0 saturated heterocycles. The fraction of sp³-hybridized carbons (Fsp3) is 0.250. The van der Waals surface area contributed by atoms with Gasteiger partial charge in [0.1, 0.15) is 18.5 Å². The van der Waals surface area contributed by atoms with Gasteiger partial charge in [0.05, 0.1) is 5.56 Å². The molecule has 0 saturated carbocycles. The molecule has 164 valence electrons. The van der Waals surface area contributed by atoms with Gasteiger partial charge in [0.25, 0.3) is 0 Å². The summed E-state index contributed by atoms with van der Waals surface area (Å²) >= 11 is 5.83. The predicted octanol–water partition coefficient (Wildman–Crippen LogP) is 5.90. The Morgan fingerprint density at radius 1 is 0.968 bits per heavy atom. The van der Waals surface area contributed by atoms with Gasteiger partial charge in [-0.1, -0.05) is 54.1 Å². The van der Waals surface area contributed by atoms with Crippen LogP contribution < -0.4 is 4.74 Å². The van der Waals surface area contributed by atoms with E-state index < -0.39 is 17.8 Å². The molecule has 1 unspecified atom stereocenters. The second kappa shape index (κ2) is 10.2. The fourth-order valence-electron chi connectivity index (χ4n) is 3.28. The third kappa shape index (κ3) is 6.72. The smallest absolute Gasteiger partial charge is 0.417 e. The van der Waals surface area contributed by atoms with Crippen LogP contribution in [0, 0.1) is 0 Å². The van der Waals surface area contributed by atoms with E-state index in [1.165, 1.54) is 12.1 Å². The van der Waals surface area contributed by atoms with E-state index in [1.807, 2.05) is 11.9 Å². The van der Waals surface area contributed by atoms with Crippen LogP contribution in [0.4, 0.5) is 13.2 Å². The van der Waals surface area contributed by atoms with E-state index in [4.69, 9.17) is 16.3 Å². The first-order valence-corrected chi connectivity index (χ1v) is 10.1. The lowest BCUT2D eigenvalue weighted by atomic mass is 9.98. The van der Waals surface area contributed by atoms with Crippen LogP contribution in [-0.4, -0.2) is 36.3 Å². The lowest BCUT2D eigenvalue weighted by molar-refractivity contribution is -0.137. The number of hydrogen-bond donors (Lipinski definition) is 1. The van der Waals surface area contributed by atoms with Gasteiger partial charge in [-0.3, -0.25) is 4.90 Å². The molecule has 0 aromatic heterocycles. The number of aliphatic hydroxyl groups excluding tert-OH is 1. The Kier molecular flexibility index (Phi) is 7.59. The molecule has 0 spiro atoms. The summed E-state index contributed by atoms with van der Waals surface area (Å²) in [7, 11) is 1.86. The number of benzene rings is 3. The van der Waals surface area contributed by atoms with Gasteiger partial charge in [-0.15, -0.1) is 0 Å². The molecule has 7 heteroatoms. The third-order valence-corrected chi connectivity index (χ3v) is 4.98. The number of alkyl halides is 3. The highest BCUT2D eigenvalue weighted by molar-refractivity contribution is 6.30. The van der Waals surface area contributed by atoms with Crippen molar-refractivity contribution in [1.29, 1.82) is 0 Å². The zero-order valence-electron chi connectivity index (χ0n) is 16.9. The first kappa shape index (κ1) is 23.1. The van der Waals surface area contributed by atoms with Crippen molar-refractivity contribution in [3.05, 3.63) is 88.9 Å². The van der Waals surface area contributed by atoms with Crippen molar-refractivity contribution in [2.24, 2.45) is 0 Å². The zero-order chi connectivity index (χ0) is 22.4. The van der Waals surface area contributed by atoms with Crippen molar-refractivity contribution >= 4 is 11.6 Å². The summed E-state index contributed by atoms with van der Waals surface area (Å²) in [5.41, 5.74) is 0.950. The molecular formula is C24H23ClF3NO2. The number of likely N-dealkylation sites (N-methyl/N-ethyl adjacent to an activating group) is 1. The molecule has 0 amide bonds.